The summed E-state index contributed by atoms with van der Waals surface area (Å²) < 4.78 is 0.941. The molecule has 2 rings (SSSR count). The molecule has 0 aliphatic heterocycles. The van der Waals surface area contributed by atoms with Gasteiger partial charge in [0.2, 0.25) is 5.91 Å². The Labute approximate surface area is 114 Å². The Morgan fingerprint density at radius 2 is 2.22 bits per heavy atom. The molecule has 0 radical (unpaired) electrons. The van der Waals surface area contributed by atoms with E-state index in [1.165, 1.54) is 0 Å². The average Bonchev–Trinajstić information content (AvgIpc) is 2.35. The van der Waals surface area contributed by atoms with Gasteiger partial charge in [-0.25, -0.2) is 0 Å². The van der Waals surface area contributed by atoms with Crippen LogP contribution in [0.3, 0.4) is 0 Å². The summed E-state index contributed by atoms with van der Waals surface area (Å²) in [7, 11) is 3.48. The van der Waals surface area contributed by atoms with Crippen LogP contribution in [0.25, 0.3) is 10.9 Å². The third-order valence-corrected chi connectivity index (χ3v) is 3.04. The Hall–Kier alpha value is -1.62. The SMILES string of the molecule is CN(C)C(=O)CNc1cccc2cc(Br)cnc12. The summed E-state index contributed by atoms with van der Waals surface area (Å²) in [6.45, 7) is 0.268. The molecule has 4 nitrogen and oxygen atoms in total. The van der Waals surface area contributed by atoms with Crippen molar-refractivity contribution < 1.29 is 4.79 Å². The van der Waals surface area contributed by atoms with Crippen LogP contribution in [-0.2, 0) is 4.79 Å². The molecule has 0 aliphatic rings. The summed E-state index contributed by atoms with van der Waals surface area (Å²) >= 11 is 3.39. The normalized spacial score (nSPS) is 10.4. The first-order valence-electron chi connectivity index (χ1n) is 5.56. The second-order valence-corrected chi connectivity index (χ2v) is 5.09. The molecular formula is C13H14BrN3O. The number of carbonyl (C=O) groups excluding carboxylic acids is 1. The quantitative estimate of drug-likeness (QED) is 0.947. The lowest BCUT2D eigenvalue weighted by Gasteiger charge is -2.12. The molecule has 1 aromatic carbocycles. The van der Waals surface area contributed by atoms with E-state index in [2.05, 4.69) is 26.2 Å². The van der Waals surface area contributed by atoms with Gasteiger partial charge in [-0.1, -0.05) is 12.1 Å². The van der Waals surface area contributed by atoms with E-state index in [0.29, 0.717) is 0 Å². The third kappa shape index (κ3) is 2.79. The van der Waals surface area contributed by atoms with Crippen LogP contribution in [0.15, 0.2) is 34.9 Å². The number of pyridine rings is 1. The van der Waals surface area contributed by atoms with E-state index in [-0.39, 0.29) is 12.5 Å². The highest BCUT2D eigenvalue weighted by molar-refractivity contribution is 9.10. The van der Waals surface area contributed by atoms with Gasteiger partial charge in [-0.2, -0.15) is 0 Å². The molecule has 0 aliphatic carbocycles. The molecule has 0 bridgehead atoms. The van der Waals surface area contributed by atoms with E-state index >= 15 is 0 Å². The summed E-state index contributed by atoms with van der Waals surface area (Å²) in [5.74, 6) is 0.0316. The number of amides is 1. The molecular weight excluding hydrogens is 294 g/mol. The van der Waals surface area contributed by atoms with Crippen LogP contribution in [0.2, 0.25) is 0 Å². The van der Waals surface area contributed by atoms with Gasteiger partial charge >= 0.3 is 0 Å². The average molecular weight is 308 g/mol. The largest absolute Gasteiger partial charge is 0.374 e. The summed E-state index contributed by atoms with van der Waals surface area (Å²) in [4.78, 5) is 17.5. The second kappa shape index (κ2) is 5.35. The zero-order chi connectivity index (χ0) is 13.1. The Morgan fingerprint density at radius 3 is 2.94 bits per heavy atom. The molecule has 0 spiro atoms. The van der Waals surface area contributed by atoms with Gasteiger partial charge in [-0.15, -0.1) is 0 Å². The standard InChI is InChI=1S/C13H14BrN3O/c1-17(2)12(18)8-15-11-5-3-4-9-6-10(14)7-16-13(9)11/h3-7,15H,8H2,1-2H3. The van der Waals surface area contributed by atoms with Crippen LogP contribution in [0.5, 0.6) is 0 Å². The maximum atomic E-state index is 11.5. The molecule has 1 aromatic heterocycles. The minimum absolute atomic E-state index is 0.0316. The highest BCUT2D eigenvalue weighted by Crippen LogP contribution is 2.23. The van der Waals surface area contributed by atoms with Crippen molar-refractivity contribution in [1.82, 2.24) is 9.88 Å². The second-order valence-electron chi connectivity index (χ2n) is 4.17. The number of hydrogen-bond donors (Lipinski definition) is 1. The summed E-state index contributed by atoms with van der Waals surface area (Å²) in [6.07, 6.45) is 1.75. The topological polar surface area (TPSA) is 45.2 Å². The number of aromatic nitrogens is 1. The highest BCUT2D eigenvalue weighted by atomic mass is 79.9. The van der Waals surface area contributed by atoms with Gasteiger partial charge in [0.1, 0.15) is 0 Å². The monoisotopic (exact) mass is 307 g/mol. The number of fused-ring (bicyclic) bond motifs is 1. The van der Waals surface area contributed by atoms with Crippen molar-refractivity contribution in [1.29, 1.82) is 0 Å². The summed E-state index contributed by atoms with van der Waals surface area (Å²) in [6, 6.07) is 7.86. The lowest BCUT2D eigenvalue weighted by Crippen LogP contribution is -2.28. The van der Waals surface area contributed by atoms with Crippen LogP contribution in [0.4, 0.5) is 5.69 Å². The Kier molecular flexibility index (Phi) is 3.81. The molecule has 94 valence electrons. The van der Waals surface area contributed by atoms with Crippen molar-refractivity contribution in [2.45, 2.75) is 0 Å². The van der Waals surface area contributed by atoms with Gasteiger partial charge in [-0.3, -0.25) is 9.78 Å². The van der Waals surface area contributed by atoms with E-state index in [4.69, 9.17) is 0 Å². The zero-order valence-electron chi connectivity index (χ0n) is 10.3. The summed E-state index contributed by atoms with van der Waals surface area (Å²) in [5, 5.41) is 4.15. The highest BCUT2D eigenvalue weighted by Gasteiger charge is 2.06. The predicted molar refractivity (Wildman–Crippen MR) is 76.6 cm³/mol. The van der Waals surface area contributed by atoms with E-state index in [1.807, 2.05) is 24.3 Å². The van der Waals surface area contributed by atoms with Crippen molar-refractivity contribution in [2.75, 3.05) is 26.0 Å². The van der Waals surface area contributed by atoms with Crippen LogP contribution >= 0.6 is 15.9 Å². The maximum absolute atomic E-state index is 11.5. The van der Waals surface area contributed by atoms with Crippen molar-refractivity contribution in [2.24, 2.45) is 0 Å². The molecule has 18 heavy (non-hydrogen) atoms. The van der Waals surface area contributed by atoms with Crippen molar-refractivity contribution >= 4 is 38.4 Å². The Morgan fingerprint density at radius 1 is 1.44 bits per heavy atom. The Bertz CT molecular complexity index is 583. The third-order valence-electron chi connectivity index (χ3n) is 2.61. The van der Waals surface area contributed by atoms with Crippen LogP contribution in [0, 0.1) is 0 Å². The van der Waals surface area contributed by atoms with Gasteiger partial charge in [0, 0.05) is 30.2 Å². The molecule has 1 heterocycles. The van der Waals surface area contributed by atoms with E-state index < -0.39 is 0 Å². The van der Waals surface area contributed by atoms with Crippen LogP contribution in [-0.4, -0.2) is 36.4 Å². The lowest BCUT2D eigenvalue weighted by molar-refractivity contribution is -0.126. The molecule has 0 unspecified atom stereocenters. The molecule has 0 saturated carbocycles. The first-order chi connectivity index (χ1) is 8.58. The minimum Gasteiger partial charge on any atom is -0.374 e. The molecule has 5 heteroatoms. The maximum Gasteiger partial charge on any atom is 0.241 e. The fourth-order valence-electron chi connectivity index (χ4n) is 1.61. The number of halogens is 1. The molecule has 0 fully saturated rings. The summed E-state index contributed by atoms with van der Waals surface area (Å²) in [5.41, 5.74) is 1.74. The van der Waals surface area contributed by atoms with Gasteiger partial charge < -0.3 is 10.2 Å². The number of nitrogens with one attached hydrogen (secondary N) is 1. The molecule has 2 aromatic rings. The van der Waals surface area contributed by atoms with E-state index in [0.717, 1.165) is 21.1 Å². The van der Waals surface area contributed by atoms with Gasteiger partial charge in [-0.05, 0) is 28.1 Å². The van der Waals surface area contributed by atoms with Gasteiger partial charge in [0.05, 0.1) is 17.7 Å². The number of likely N-dealkylation sites (N-methyl/N-ethyl adjacent to an activating group) is 1. The number of nitrogens with zero attached hydrogens (tertiary/aromatic N) is 2. The number of hydrogen-bond acceptors (Lipinski definition) is 3. The van der Waals surface area contributed by atoms with E-state index in [9.17, 15) is 4.79 Å². The van der Waals surface area contributed by atoms with Crippen LogP contribution in [0.1, 0.15) is 0 Å². The number of benzene rings is 1. The zero-order valence-corrected chi connectivity index (χ0v) is 11.9. The number of rotatable bonds is 3. The molecule has 1 amide bonds. The fourth-order valence-corrected chi connectivity index (χ4v) is 1.95. The molecule has 0 saturated heterocycles. The molecule has 0 atom stereocenters. The minimum atomic E-state index is 0.0316. The number of para-hydroxylation sites is 1. The fraction of sp³-hybridized carbons (Fsp3) is 0.231. The number of anilines is 1. The predicted octanol–water partition coefficient (Wildman–Crippen LogP) is 2.50. The van der Waals surface area contributed by atoms with Crippen molar-refractivity contribution in [3.63, 3.8) is 0 Å². The lowest BCUT2D eigenvalue weighted by atomic mass is 10.2. The van der Waals surface area contributed by atoms with E-state index in [1.54, 1.807) is 25.2 Å². The first kappa shape index (κ1) is 12.8. The van der Waals surface area contributed by atoms with Gasteiger partial charge in [0.15, 0.2) is 0 Å². The smallest absolute Gasteiger partial charge is 0.241 e. The van der Waals surface area contributed by atoms with Gasteiger partial charge in [0.25, 0.3) is 0 Å². The van der Waals surface area contributed by atoms with Crippen molar-refractivity contribution in [3.05, 3.63) is 34.9 Å². The first-order valence-corrected chi connectivity index (χ1v) is 6.35. The van der Waals surface area contributed by atoms with Crippen molar-refractivity contribution in [3.8, 4) is 0 Å². The van der Waals surface area contributed by atoms with Crippen LogP contribution < -0.4 is 5.32 Å². The number of carbonyl (C=O) groups is 1. The Balaban J connectivity index is 2.26. The molecule has 1 N–H and O–H groups in total.